The van der Waals surface area contributed by atoms with Crippen molar-refractivity contribution in [2.45, 2.75) is 23.1 Å². The molecular formula is C20H25N3O6S2. The average Bonchev–Trinajstić information content (AvgIpc) is 2.74. The highest BCUT2D eigenvalue weighted by atomic mass is 32.2. The fraction of sp³-hybridized carbons (Fsp3) is 0.350. The Morgan fingerprint density at radius 1 is 1.03 bits per heavy atom. The van der Waals surface area contributed by atoms with Gasteiger partial charge in [-0.25, -0.2) is 22.0 Å². The minimum absolute atomic E-state index is 0.0224. The number of morpholine rings is 1. The SMILES string of the molecule is Cc1ccc(S(=O)(=O)N2CCOCC2)cc1C(=O)NCCc1ccc(S(N)(=O)=O)cc1. The molecular weight excluding hydrogens is 442 g/mol. The van der Waals surface area contributed by atoms with Crippen molar-refractivity contribution in [3.05, 3.63) is 59.2 Å². The number of rotatable bonds is 7. The lowest BCUT2D eigenvalue weighted by Gasteiger charge is -2.26. The van der Waals surface area contributed by atoms with Crippen molar-refractivity contribution in [3.63, 3.8) is 0 Å². The van der Waals surface area contributed by atoms with Gasteiger partial charge in [0.05, 0.1) is 23.0 Å². The van der Waals surface area contributed by atoms with Crippen LogP contribution in [0.4, 0.5) is 0 Å². The third kappa shape index (κ3) is 5.69. The molecule has 168 valence electrons. The smallest absolute Gasteiger partial charge is 0.251 e. The van der Waals surface area contributed by atoms with Crippen LogP contribution in [0.2, 0.25) is 0 Å². The first kappa shape index (κ1) is 23.4. The largest absolute Gasteiger partial charge is 0.379 e. The van der Waals surface area contributed by atoms with Crippen LogP contribution in [-0.4, -0.2) is 59.9 Å². The van der Waals surface area contributed by atoms with Crippen molar-refractivity contribution in [2.24, 2.45) is 5.14 Å². The Bertz CT molecular complexity index is 1160. The number of amides is 1. The monoisotopic (exact) mass is 467 g/mol. The van der Waals surface area contributed by atoms with Gasteiger partial charge in [-0.1, -0.05) is 18.2 Å². The van der Waals surface area contributed by atoms with E-state index < -0.39 is 20.0 Å². The van der Waals surface area contributed by atoms with Crippen LogP contribution in [-0.2, 0) is 31.2 Å². The van der Waals surface area contributed by atoms with Gasteiger partial charge in [-0.15, -0.1) is 0 Å². The van der Waals surface area contributed by atoms with Crippen molar-refractivity contribution in [3.8, 4) is 0 Å². The fourth-order valence-electron chi connectivity index (χ4n) is 3.20. The number of benzene rings is 2. The Kier molecular flexibility index (Phi) is 7.12. The number of ether oxygens (including phenoxy) is 1. The molecule has 9 nitrogen and oxygen atoms in total. The fourth-order valence-corrected chi connectivity index (χ4v) is 5.15. The molecule has 0 aliphatic carbocycles. The lowest BCUT2D eigenvalue weighted by atomic mass is 10.1. The molecule has 2 aromatic rings. The van der Waals surface area contributed by atoms with Gasteiger partial charge in [0.25, 0.3) is 5.91 Å². The number of carbonyl (C=O) groups excluding carboxylic acids is 1. The number of nitrogens with one attached hydrogen (secondary N) is 1. The second-order valence-electron chi connectivity index (χ2n) is 7.19. The summed E-state index contributed by atoms with van der Waals surface area (Å²) in [5, 5.41) is 7.86. The summed E-state index contributed by atoms with van der Waals surface area (Å²) in [7, 11) is -7.45. The van der Waals surface area contributed by atoms with Crippen molar-refractivity contribution in [2.75, 3.05) is 32.8 Å². The van der Waals surface area contributed by atoms with Gasteiger partial charge >= 0.3 is 0 Å². The molecule has 0 spiro atoms. The zero-order valence-corrected chi connectivity index (χ0v) is 18.7. The summed E-state index contributed by atoms with van der Waals surface area (Å²) in [4.78, 5) is 12.8. The summed E-state index contributed by atoms with van der Waals surface area (Å²) < 4.78 is 54.9. The van der Waals surface area contributed by atoms with Crippen molar-refractivity contribution >= 4 is 26.0 Å². The van der Waals surface area contributed by atoms with Gasteiger partial charge in [0.1, 0.15) is 0 Å². The third-order valence-electron chi connectivity index (χ3n) is 5.01. The predicted octanol–water partition coefficient (Wildman–Crippen LogP) is 0.636. The van der Waals surface area contributed by atoms with E-state index in [-0.39, 0.29) is 28.8 Å². The molecule has 1 heterocycles. The lowest BCUT2D eigenvalue weighted by Crippen LogP contribution is -2.40. The third-order valence-corrected chi connectivity index (χ3v) is 7.84. The van der Waals surface area contributed by atoms with Crippen molar-refractivity contribution in [1.29, 1.82) is 0 Å². The molecule has 0 radical (unpaired) electrons. The van der Waals surface area contributed by atoms with Gasteiger partial charge in [-0.05, 0) is 48.7 Å². The van der Waals surface area contributed by atoms with Crippen LogP contribution in [0.25, 0.3) is 0 Å². The first-order valence-corrected chi connectivity index (χ1v) is 12.7. The maximum absolute atomic E-state index is 12.9. The average molecular weight is 468 g/mol. The molecule has 0 unspecified atom stereocenters. The van der Waals surface area contributed by atoms with Crippen LogP contribution in [0.15, 0.2) is 52.3 Å². The Hall–Kier alpha value is -2.31. The van der Waals surface area contributed by atoms with Crippen LogP contribution in [0.5, 0.6) is 0 Å². The summed E-state index contributed by atoms with van der Waals surface area (Å²) in [5.74, 6) is -0.377. The van der Waals surface area contributed by atoms with Crippen molar-refractivity contribution in [1.82, 2.24) is 9.62 Å². The van der Waals surface area contributed by atoms with E-state index in [1.165, 1.54) is 28.6 Å². The second kappa shape index (κ2) is 9.45. The maximum atomic E-state index is 12.9. The Morgan fingerprint density at radius 3 is 2.26 bits per heavy atom. The highest BCUT2D eigenvalue weighted by Gasteiger charge is 2.27. The Morgan fingerprint density at radius 2 is 1.65 bits per heavy atom. The van der Waals surface area contributed by atoms with E-state index in [2.05, 4.69) is 5.32 Å². The molecule has 1 fully saturated rings. The van der Waals surface area contributed by atoms with Crippen LogP contribution >= 0.6 is 0 Å². The minimum atomic E-state index is -3.75. The molecule has 3 N–H and O–H groups in total. The van der Waals surface area contributed by atoms with E-state index in [4.69, 9.17) is 9.88 Å². The zero-order valence-electron chi connectivity index (χ0n) is 17.1. The molecule has 3 rings (SSSR count). The molecule has 2 aromatic carbocycles. The molecule has 0 atom stereocenters. The molecule has 1 aliphatic heterocycles. The first-order chi connectivity index (χ1) is 14.6. The number of sulfonamides is 2. The second-order valence-corrected chi connectivity index (χ2v) is 10.7. The molecule has 0 aromatic heterocycles. The number of primary sulfonamides is 1. The molecule has 0 saturated carbocycles. The van der Waals surface area contributed by atoms with Crippen LogP contribution in [0, 0.1) is 6.92 Å². The number of nitrogens with zero attached hydrogens (tertiary/aromatic N) is 1. The van der Waals surface area contributed by atoms with Crippen LogP contribution in [0.3, 0.4) is 0 Å². The van der Waals surface area contributed by atoms with Gasteiger partial charge in [0.2, 0.25) is 20.0 Å². The van der Waals surface area contributed by atoms with Gasteiger partial charge in [0.15, 0.2) is 0 Å². The Labute approximate surface area is 182 Å². The molecule has 0 bridgehead atoms. The Balaban J connectivity index is 1.67. The minimum Gasteiger partial charge on any atom is -0.379 e. The highest BCUT2D eigenvalue weighted by Crippen LogP contribution is 2.20. The van der Waals surface area contributed by atoms with E-state index in [9.17, 15) is 21.6 Å². The lowest BCUT2D eigenvalue weighted by molar-refractivity contribution is 0.0730. The predicted molar refractivity (Wildman–Crippen MR) is 115 cm³/mol. The quantitative estimate of drug-likeness (QED) is 0.613. The van der Waals surface area contributed by atoms with E-state index in [1.54, 1.807) is 25.1 Å². The topological polar surface area (TPSA) is 136 Å². The maximum Gasteiger partial charge on any atom is 0.251 e. The molecule has 1 amide bonds. The molecule has 11 heteroatoms. The molecule has 1 aliphatic rings. The van der Waals surface area contributed by atoms with Crippen molar-refractivity contribution < 1.29 is 26.4 Å². The molecule has 31 heavy (non-hydrogen) atoms. The van der Waals surface area contributed by atoms with Gasteiger partial charge in [-0.3, -0.25) is 4.79 Å². The standard InChI is InChI=1S/C20H25N3O6S2/c1-15-2-5-18(31(27,28)23-10-12-29-13-11-23)14-19(15)20(24)22-9-8-16-3-6-17(7-4-16)30(21,25)26/h2-7,14H,8-13H2,1H3,(H,22,24)(H2,21,25,26). The van der Waals surface area contributed by atoms with Gasteiger partial charge < -0.3 is 10.1 Å². The summed E-state index contributed by atoms with van der Waals surface area (Å²) in [6, 6.07) is 10.6. The number of hydrogen-bond acceptors (Lipinski definition) is 6. The zero-order chi connectivity index (χ0) is 22.6. The summed E-state index contributed by atoms with van der Waals surface area (Å²) in [6.07, 6.45) is 0.474. The summed E-state index contributed by atoms with van der Waals surface area (Å²) >= 11 is 0. The van der Waals surface area contributed by atoms with Crippen LogP contribution in [0.1, 0.15) is 21.5 Å². The molecule has 1 saturated heterocycles. The first-order valence-electron chi connectivity index (χ1n) is 9.67. The normalized spacial score (nSPS) is 15.5. The van der Waals surface area contributed by atoms with E-state index in [0.717, 1.165) is 5.56 Å². The summed E-state index contributed by atoms with van der Waals surface area (Å²) in [6.45, 7) is 3.29. The van der Waals surface area contributed by atoms with Gasteiger partial charge in [-0.2, -0.15) is 4.31 Å². The highest BCUT2D eigenvalue weighted by molar-refractivity contribution is 7.89. The number of aryl methyl sites for hydroxylation is 1. The number of hydrogen-bond donors (Lipinski definition) is 2. The van der Waals surface area contributed by atoms with Crippen LogP contribution < -0.4 is 10.5 Å². The number of carbonyl (C=O) groups is 1. The van der Waals surface area contributed by atoms with Gasteiger partial charge in [0, 0.05) is 25.2 Å². The van der Waals surface area contributed by atoms with E-state index in [1.807, 2.05) is 0 Å². The van der Waals surface area contributed by atoms with E-state index >= 15 is 0 Å². The number of nitrogens with two attached hydrogens (primary N) is 1. The van der Waals surface area contributed by atoms with E-state index in [0.29, 0.717) is 37.3 Å². The summed E-state index contributed by atoms with van der Waals surface area (Å²) in [5.41, 5.74) is 1.78.